The second-order valence-electron chi connectivity index (χ2n) is 6.40. The first-order chi connectivity index (χ1) is 14.1. The molecule has 0 saturated carbocycles. The number of rotatable bonds is 8. The number of nitrogens with zero attached hydrogens (tertiary/aromatic N) is 2. The molecule has 0 fully saturated rings. The molecule has 29 heavy (non-hydrogen) atoms. The van der Waals surface area contributed by atoms with Crippen LogP contribution in [0.4, 0.5) is 11.5 Å². The summed E-state index contributed by atoms with van der Waals surface area (Å²) >= 11 is 0. The van der Waals surface area contributed by atoms with Gasteiger partial charge in [-0.1, -0.05) is 18.2 Å². The summed E-state index contributed by atoms with van der Waals surface area (Å²) in [5.74, 6) is 2.33. The number of hydrogen-bond donors (Lipinski definition) is 2. The Balaban J connectivity index is 1.62. The van der Waals surface area contributed by atoms with Crippen LogP contribution in [0.2, 0.25) is 0 Å². The van der Waals surface area contributed by atoms with Gasteiger partial charge in [0.05, 0.1) is 14.2 Å². The molecule has 0 radical (unpaired) electrons. The zero-order valence-corrected chi connectivity index (χ0v) is 16.7. The van der Waals surface area contributed by atoms with E-state index in [0.717, 1.165) is 12.2 Å². The zero-order valence-electron chi connectivity index (χ0n) is 16.7. The molecule has 3 aromatic rings. The van der Waals surface area contributed by atoms with Crippen molar-refractivity contribution in [2.75, 3.05) is 31.4 Å². The summed E-state index contributed by atoms with van der Waals surface area (Å²) in [6.45, 7) is 2.44. The summed E-state index contributed by atoms with van der Waals surface area (Å²) in [6.07, 6.45) is 0.818. The van der Waals surface area contributed by atoms with Crippen molar-refractivity contribution in [1.82, 2.24) is 9.97 Å². The van der Waals surface area contributed by atoms with E-state index in [2.05, 4.69) is 20.6 Å². The molecule has 0 unspecified atom stereocenters. The van der Waals surface area contributed by atoms with Crippen LogP contribution in [0.1, 0.15) is 21.9 Å². The number of nitrogens with one attached hydrogen (secondary N) is 2. The van der Waals surface area contributed by atoms with Crippen molar-refractivity contribution in [3.05, 3.63) is 71.7 Å². The van der Waals surface area contributed by atoms with Crippen molar-refractivity contribution >= 4 is 17.4 Å². The monoisotopic (exact) mass is 392 g/mol. The molecule has 0 bridgehead atoms. The van der Waals surface area contributed by atoms with E-state index < -0.39 is 0 Å². The van der Waals surface area contributed by atoms with Crippen LogP contribution in [-0.4, -0.2) is 36.6 Å². The summed E-state index contributed by atoms with van der Waals surface area (Å²) in [5.41, 5.74) is 2.12. The van der Waals surface area contributed by atoms with Gasteiger partial charge in [0, 0.05) is 24.4 Å². The average molecular weight is 392 g/mol. The van der Waals surface area contributed by atoms with Crippen LogP contribution in [0.3, 0.4) is 0 Å². The van der Waals surface area contributed by atoms with Gasteiger partial charge in [0.1, 0.15) is 28.8 Å². The third-order valence-corrected chi connectivity index (χ3v) is 4.28. The maximum atomic E-state index is 12.6. The topological polar surface area (TPSA) is 85.4 Å². The normalized spacial score (nSPS) is 10.3. The Morgan fingerprint density at radius 3 is 2.45 bits per heavy atom. The van der Waals surface area contributed by atoms with Gasteiger partial charge in [0.25, 0.3) is 5.91 Å². The molecule has 1 aromatic heterocycles. The number of aromatic nitrogens is 2. The van der Waals surface area contributed by atoms with Gasteiger partial charge in [-0.05, 0) is 43.2 Å². The van der Waals surface area contributed by atoms with E-state index in [0.29, 0.717) is 35.3 Å². The minimum absolute atomic E-state index is 0.298. The van der Waals surface area contributed by atoms with Gasteiger partial charge in [-0.15, -0.1) is 0 Å². The quantitative estimate of drug-likeness (QED) is 0.608. The molecule has 0 aliphatic carbocycles. The van der Waals surface area contributed by atoms with Crippen LogP contribution >= 0.6 is 0 Å². The lowest BCUT2D eigenvalue weighted by molar-refractivity contribution is 0.102. The van der Waals surface area contributed by atoms with Crippen molar-refractivity contribution < 1.29 is 14.3 Å². The second-order valence-corrected chi connectivity index (χ2v) is 6.40. The van der Waals surface area contributed by atoms with Crippen LogP contribution < -0.4 is 20.1 Å². The van der Waals surface area contributed by atoms with E-state index in [4.69, 9.17) is 9.47 Å². The highest BCUT2D eigenvalue weighted by Gasteiger charge is 2.11. The lowest BCUT2D eigenvalue weighted by atomic mass is 10.1. The number of anilines is 2. The predicted molar refractivity (Wildman–Crippen MR) is 113 cm³/mol. The van der Waals surface area contributed by atoms with Crippen LogP contribution in [0.5, 0.6) is 11.5 Å². The van der Waals surface area contributed by atoms with Crippen molar-refractivity contribution in [3.63, 3.8) is 0 Å². The Kier molecular flexibility index (Phi) is 6.63. The first-order valence-corrected chi connectivity index (χ1v) is 9.25. The van der Waals surface area contributed by atoms with Crippen molar-refractivity contribution in [2.45, 2.75) is 13.3 Å². The average Bonchev–Trinajstić information content (AvgIpc) is 2.74. The minimum atomic E-state index is -0.304. The Labute approximate surface area is 170 Å². The molecule has 2 aromatic carbocycles. The van der Waals surface area contributed by atoms with Crippen molar-refractivity contribution in [3.8, 4) is 11.5 Å². The van der Waals surface area contributed by atoms with Crippen LogP contribution in [0, 0.1) is 6.92 Å². The van der Waals surface area contributed by atoms with Gasteiger partial charge in [-0.25, -0.2) is 9.97 Å². The van der Waals surface area contributed by atoms with Crippen molar-refractivity contribution in [2.24, 2.45) is 0 Å². The number of carbonyl (C=O) groups excluding carboxylic acids is 1. The van der Waals surface area contributed by atoms with Gasteiger partial charge in [0.15, 0.2) is 0 Å². The number of ether oxygens (including phenoxy) is 2. The zero-order chi connectivity index (χ0) is 20.6. The van der Waals surface area contributed by atoms with Crippen LogP contribution in [0.25, 0.3) is 0 Å². The summed E-state index contributed by atoms with van der Waals surface area (Å²) in [6, 6.07) is 16.7. The standard InChI is InChI=1S/C22H24N4O3/c1-15-24-20(22(27)26-17-5-4-6-19(13-17)29-3)14-21(25-15)23-12-11-16-7-9-18(28-2)10-8-16/h4-10,13-14H,11-12H2,1-3H3,(H,26,27)(H,23,24,25). The molecule has 150 valence electrons. The summed E-state index contributed by atoms with van der Waals surface area (Å²) in [5, 5.41) is 6.09. The molecule has 7 nitrogen and oxygen atoms in total. The van der Waals surface area contributed by atoms with E-state index >= 15 is 0 Å². The van der Waals surface area contributed by atoms with Gasteiger partial charge in [-0.3, -0.25) is 4.79 Å². The lowest BCUT2D eigenvalue weighted by Crippen LogP contribution is -2.16. The fourth-order valence-electron chi connectivity index (χ4n) is 2.80. The Morgan fingerprint density at radius 2 is 1.72 bits per heavy atom. The molecule has 1 heterocycles. The number of benzene rings is 2. The second kappa shape index (κ2) is 9.54. The molecule has 0 spiro atoms. The summed E-state index contributed by atoms with van der Waals surface area (Å²) in [4.78, 5) is 21.2. The van der Waals surface area contributed by atoms with Crippen LogP contribution in [0.15, 0.2) is 54.6 Å². The third kappa shape index (κ3) is 5.68. The first-order valence-electron chi connectivity index (χ1n) is 9.25. The molecule has 1 amide bonds. The Hall–Kier alpha value is -3.61. The Morgan fingerprint density at radius 1 is 0.966 bits per heavy atom. The molecular formula is C22H24N4O3. The SMILES string of the molecule is COc1ccc(CCNc2cc(C(=O)Nc3cccc(OC)c3)nc(C)n2)cc1. The molecule has 0 aliphatic heterocycles. The number of carbonyl (C=O) groups is 1. The molecule has 7 heteroatoms. The predicted octanol–water partition coefficient (Wildman–Crippen LogP) is 3.71. The Bertz CT molecular complexity index is 974. The minimum Gasteiger partial charge on any atom is -0.497 e. The fourth-order valence-corrected chi connectivity index (χ4v) is 2.80. The van der Waals surface area contributed by atoms with E-state index in [1.165, 1.54) is 5.56 Å². The highest BCUT2D eigenvalue weighted by atomic mass is 16.5. The molecule has 0 atom stereocenters. The van der Waals surface area contributed by atoms with E-state index in [1.54, 1.807) is 39.3 Å². The molecule has 3 rings (SSSR count). The third-order valence-electron chi connectivity index (χ3n) is 4.28. The number of aryl methyl sites for hydroxylation is 1. The molecule has 0 aliphatic rings. The number of amides is 1. The van der Waals surface area contributed by atoms with Gasteiger partial charge in [0.2, 0.25) is 0 Å². The fraction of sp³-hybridized carbons (Fsp3) is 0.227. The van der Waals surface area contributed by atoms with Crippen LogP contribution in [-0.2, 0) is 6.42 Å². The van der Waals surface area contributed by atoms with Crippen molar-refractivity contribution in [1.29, 1.82) is 0 Å². The number of hydrogen-bond acceptors (Lipinski definition) is 6. The largest absolute Gasteiger partial charge is 0.497 e. The molecule has 0 saturated heterocycles. The highest BCUT2D eigenvalue weighted by Crippen LogP contribution is 2.18. The van der Waals surface area contributed by atoms with E-state index in [1.807, 2.05) is 36.4 Å². The summed E-state index contributed by atoms with van der Waals surface area (Å²) < 4.78 is 10.3. The maximum Gasteiger partial charge on any atom is 0.274 e. The lowest BCUT2D eigenvalue weighted by Gasteiger charge is -2.10. The van der Waals surface area contributed by atoms with Gasteiger partial charge in [-0.2, -0.15) is 0 Å². The smallest absolute Gasteiger partial charge is 0.274 e. The number of methoxy groups -OCH3 is 2. The maximum absolute atomic E-state index is 12.6. The summed E-state index contributed by atoms with van der Waals surface area (Å²) in [7, 11) is 3.23. The molecular weight excluding hydrogens is 368 g/mol. The molecule has 2 N–H and O–H groups in total. The van der Waals surface area contributed by atoms with Gasteiger partial charge < -0.3 is 20.1 Å². The van der Waals surface area contributed by atoms with Gasteiger partial charge >= 0.3 is 0 Å². The van der Waals surface area contributed by atoms with E-state index in [-0.39, 0.29) is 5.91 Å². The highest BCUT2D eigenvalue weighted by molar-refractivity contribution is 6.03. The first kappa shape index (κ1) is 20.1. The van der Waals surface area contributed by atoms with E-state index in [9.17, 15) is 4.79 Å².